The minimum absolute atomic E-state index is 0.165. The molecule has 0 atom stereocenters. The second-order valence-electron chi connectivity index (χ2n) is 6.81. The van der Waals surface area contributed by atoms with Crippen LogP contribution in [0.25, 0.3) is 6.08 Å². The maximum Gasteiger partial charge on any atom is 0.266 e. The number of amides is 2. The average molecular weight is 499 g/mol. The van der Waals surface area contributed by atoms with Gasteiger partial charge in [-0.15, -0.1) is 10.2 Å². The Morgan fingerprint density at radius 3 is 2.69 bits per heavy atom. The number of carbonyl (C=O) groups is 2. The van der Waals surface area contributed by atoms with E-state index in [4.69, 9.17) is 12.2 Å². The van der Waals surface area contributed by atoms with E-state index in [2.05, 4.69) is 34.6 Å². The first-order valence-corrected chi connectivity index (χ1v) is 12.6. The number of aromatic nitrogens is 2. The molecule has 6 nitrogen and oxygen atoms in total. The summed E-state index contributed by atoms with van der Waals surface area (Å²) in [6, 6.07) is 17.7. The molecule has 0 bridgehead atoms. The number of benzene rings is 2. The van der Waals surface area contributed by atoms with Crippen molar-refractivity contribution < 1.29 is 9.59 Å². The molecule has 0 unspecified atom stereocenters. The summed E-state index contributed by atoms with van der Waals surface area (Å²) in [4.78, 5) is 27.0. The minimum Gasteiger partial charge on any atom is -0.299 e. The van der Waals surface area contributed by atoms with Crippen LogP contribution in [-0.4, -0.2) is 37.8 Å². The van der Waals surface area contributed by atoms with Gasteiger partial charge >= 0.3 is 0 Å². The Kier molecular flexibility index (Phi) is 7.36. The van der Waals surface area contributed by atoms with Crippen LogP contribution in [0.5, 0.6) is 0 Å². The first kappa shape index (κ1) is 22.7. The number of nitrogens with one attached hydrogen (secondary N) is 1. The quantitative estimate of drug-likeness (QED) is 0.213. The van der Waals surface area contributed by atoms with Gasteiger partial charge in [0.2, 0.25) is 11.0 Å². The largest absolute Gasteiger partial charge is 0.299 e. The highest BCUT2D eigenvalue weighted by Gasteiger charge is 2.33. The summed E-state index contributed by atoms with van der Waals surface area (Å²) in [6.07, 6.45) is 1.78. The zero-order chi connectivity index (χ0) is 22.5. The molecule has 0 aliphatic carbocycles. The van der Waals surface area contributed by atoms with Crippen LogP contribution in [0.15, 0.2) is 63.8 Å². The highest BCUT2D eigenvalue weighted by Crippen LogP contribution is 2.33. The van der Waals surface area contributed by atoms with Crippen LogP contribution in [0, 0.1) is 6.92 Å². The van der Waals surface area contributed by atoms with Crippen molar-refractivity contribution in [2.75, 3.05) is 11.9 Å². The zero-order valence-corrected chi connectivity index (χ0v) is 20.2. The number of hydrogen-bond acceptors (Lipinski definition) is 8. The highest BCUT2D eigenvalue weighted by atomic mass is 32.2. The van der Waals surface area contributed by atoms with E-state index in [0.29, 0.717) is 14.4 Å². The number of nitrogens with zero attached hydrogens (tertiary/aromatic N) is 3. The van der Waals surface area contributed by atoms with Crippen molar-refractivity contribution in [1.82, 2.24) is 15.1 Å². The molecular weight excluding hydrogens is 481 g/mol. The van der Waals surface area contributed by atoms with Crippen molar-refractivity contribution in [1.29, 1.82) is 0 Å². The van der Waals surface area contributed by atoms with Crippen LogP contribution in [0.3, 0.4) is 0 Å². The van der Waals surface area contributed by atoms with Crippen molar-refractivity contribution in [2.24, 2.45) is 0 Å². The molecule has 1 fully saturated rings. The topological polar surface area (TPSA) is 75.2 Å². The Balaban J connectivity index is 1.33. The van der Waals surface area contributed by atoms with Gasteiger partial charge < -0.3 is 0 Å². The molecule has 0 spiro atoms. The molecule has 1 aliphatic heterocycles. The molecular formula is C22H18N4O2S4. The normalized spacial score (nSPS) is 14.9. The maximum absolute atomic E-state index is 12.7. The number of aryl methyl sites for hydroxylation is 1. The summed E-state index contributed by atoms with van der Waals surface area (Å²) in [5, 5.41) is 11.3. The van der Waals surface area contributed by atoms with E-state index in [0.717, 1.165) is 15.7 Å². The molecule has 2 amide bonds. The van der Waals surface area contributed by atoms with E-state index in [-0.39, 0.29) is 18.4 Å². The number of thiocarbonyl (C=S) groups is 1. The van der Waals surface area contributed by atoms with Crippen molar-refractivity contribution in [3.05, 3.63) is 76.2 Å². The molecule has 162 valence electrons. The molecule has 2 heterocycles. The van der Waals surface area contributed by atoms with Gasteiger partial charge in [0.1, 0.15) is 10.9 Å². The summed E-state index contributed by atoms with van der Waals surface area (Å²) in [5.41, 5.74) is 3.36. The lowest BCUT2D eigenvalue weighted by molar-refractivity contribution is -0.126. The first-order chi connectivity index (χ1) is 15.5. The van der Waals surface area contributed by atoms with Gasteiger partial charge in [-0.2, -0.15) is 0 Å². The Hall–Kier alpha value is -2.53. The van der Waals surface area contributed by atoms with Crippen LogP contribution in [-0.2, 0) is 15.3 Å². The fraction of sp³-hybridized carbons (Fsp3) is 0.136. The van der Waals surface area contributed by atoms with Crippen LogP contribution in [0.1, 0.15) is 16.7 Å². The van der Waals surface area contributed by atoms with Crippen molar-refractivity contribution in [3.8, 4) is 0 Å². The molecule has 32 heavy (non-hydrogen) atoms. The minimum atomic E-state index is -0.367. The lowest BCUT2D eigenvalue weighted by Gasteiger charge is -2.13. The van der Waals surface area contributed by atoms with Crippen LogP contribution < -0.4 is 5.32 Å². The molecule has 1 N–H and O–H groups in total. The SMILES string of the molecule is Cc1ccccc1CSc1nnc(NC(=O)CN2C(=O)/C(=C/c3ccccc3)SC2=S)s1. The zero-order valence-electron chi connectivity index (χ0n) is 17.0. The Bertz CT molecular complexity index is 1190. The van der Waals surface area contributed by atoms with Crippen molar-refractivity contribution >= 4 is 74.4 Å². The molecule has 0 saturated carbocycles. The van der Waals surface area contributed by atoms with E-state index in [1.54, 1.807) is 17.8 Å². The summed E-state index contributed by atoms with van der Waals surface area (Å²) in [7, 11) is 0. The third kappa shape index (κ3) is 5.63. The predicted octanol–water partition coefficient (Wildman–Crippen LogP) is 4.98. The summed E-state index contributed by atoms with van der Waals surface area (Å²) < 4.78 is 1.12. The number of anilines is 1. The Labute approximate surface area is 203 Å². The highest BCUT2D eigenvalue weighted by molar-refractivity contribution is 8.26. The molecule has 3 aromatic rings. The Morgan fingerprint density at radius 1 is 1.16 bits per heavy atom. The summed E-state index contributed by atoms with van der Waals surface area (Å²) >= 11 is 9.37. The standard InChI is InChI=1S/C22H18N4O2S4/c1-14-7-5-6-10-16(14)13-30-21-25-24-20(32-21)23-18(27)12-26-19(28)17(31-22(26)29)11-15-8-3-2-4-9-15/h2-11H,12-13H2,1H3,(H,23,24,27)/b17-11-. The lowest BCUT2D eigenvalue weighted by Crippen LogP contribution is -2.36. The molecule has 10 heteroatoms. The van der Waals surface area contributed by atoms with Crippen LogP contribution in [0.4, 0.5) is 5.13 Å². The smallest absolute Gasteiger partial charge is 0.266 e. The van der Waals surface area contributed by atoms with E-state index in [1.807, 2.05) is 42.5 Å². The molecule has 1 saturated heterocycles. The second-order valence-corrected chi connectivity index (χ2v) is 10.7. The van der Waals surface area contributed by atoms with E-state index >= 15 is 0 Å². The Morgan fingerprint density at radius 2 is 1.91 bits per heavy atom. The average Bonchev–Trinajstić information content (AvgIpc) is 3.33. The van der Waals surface area contributed by atoms with Gasteiger partial charge in [0, 0.05) is 5.75 Å². The van der Waals surface area contributed by atoms with E-state index < -0.39 is 0 Å². The fourth-order valence-corrected chi connectivity index (χ4v) is 5.97. The summed E-state index contributed by atoms with van der Waals surface area (Å²) in [6.45, 7) is 1.91. The number of rotatable bonds is 7. The predicted molar refractivity (Wildman–Crippen MR) is 136 cm³/mol. The second kappa shape index (κ2) is 10.4. The van der Waals surface area contributed by atoms with Crippen molar-refractivity contribution in [2.45, 2.75) is 17.0 Å². The third-order valence-corrected chi connectivity index (χ3v) is 7.94. The lowest BCUT2D eigenvalue weighted by atomic mass is 10.1. The third-order valence-electron chi connectivity index (χ3n) is 4.54. The first-order valence-electron chi connectivity index (χ1n) is 9.60. The van der Waals surface area contributed by atoms with Crippen LogP contribution >= 0.6 is 47.1 Å². The van der Waals surface area contributed by atoms with Gasteiger partial charge in [-0.05, 0) is 29.7 Å². The van der Waals surface area contributed by atoms with Crippen LogP contribution in [0.2, 0.25) is 0 Å². The van der Waals surface area contributed by atoms with E-state index in [9.17, 15) is 9.59 Å². The maximum atomic E-state index is 12.7. The van der Waals surface area contributed by atoms with Gasteiger partial charge in [0.15, 0.2) is 4.34 Å². The van der Waals surface area contributed by atoms with Crippen molar-refractivity contribution in [3.63, 3.8) is 0 Å². The fourth-order valence-electron chi connectivity index (χ4n) is 2.87. The summed E-state index contributed by atoms with van der Waals surface area (Å²) in [5.74, 6) is 0.138. The number of hydrogen-bond donors (Lipinski definition) is 1. The molecule has 2 aromatic carbocycles. The molecule has 1 aromatic heterocycles. The van der Waals surface area contributed by atoms with Gasteiger partial charge in [0.05, 0.1) is 4.91 Å². The molecule has 4 rings (SSSR count). The van der Waals surface area contributed by atoms with Gasteiger partial charge in [-0.25, -0.2) is 0 Å². The monoisotopic (exact) mass is 498 g/mol. The number of carbonyl (C=O) groups excluding carboxylic acids is 2. The van der Waals surface area contributed by atoms with Gasteiger partial charge in [-0.1, -0.05) is 102 Å². The molecule has 1 aliphatic rings. The van der Waals surface area contributed by atoms with E-state index in [1.165, 1.54) is 39.1 Å². The van der Waals surface area contributed by atoms with Gasteiger partial charge in [-0.3, -0.25) is 19.8 Å². The molecule has 0 radical (unpaired) electrons. The number of thioether (sulfide) groups is 2. The van der Waals surface area contributed by atoms with Gasteiger partial charge in [0.25, 0.3) is 5.91 Å².